The van der Waals surface area contributed by atoms with Crippen LogP contribution in [0.4, 0.5) is 10.6 Å². The Labute approximate surface area is 131 Å². The Morgan fingerprint density at radius 1 is 1.09 bits per heavy atom. The summed E-state index contributed by atoms with van der Waals surface area (Å²) in [6, 6.07) is 14.2. The van der Waals surface area contributed by atoms with Crippen LogP contribution in [0, 0.1) is 0 Å². The lowest BCUT2D eigenvalue weighted by molar-refractivity contribution is 0.0635. The highest BCUT2D eigenvalue weighted by atomic mass is 16.6. The summed E-state index contributed by atoms with van der Waals surface area (Å²) in [7, 11) is 0. The number of carbonyl (C=O) groups excluding carboxylic acids is 1. The third-order valence-corrected chi connectivity index (χ3v) is 3.00. The van der Waals surface area contributed by atoms with Crippen LogP contribution < -0.4 is 5.32 Å². The van der Waals surface area contributed by atoms with Gasteiger partial charge in [0, 0.05) is 6.20 Å². The van der Waals surface area contributed by atoms with E-state index >= 15 is 0 Å². The van der Waals surface area contributed by atoms with Crippen molar-refractivity contribution in [3.8, 4) is 0 Å². The quantitative estimate of drug-likeness (QED) is 0.919. The van der Waals surface area contributed by atoms with Gasteiger partial charge in [-0.3, -0.25) is 5.32 Å². The Kier molecular flexibility index (Phi) is 5.15. The molecule has 0 unspecified atom stereocenters. The molecule has 0 fully saturated rings. The molecular weight excluding hydrogens is 276 g/mol. The zero-order valence-electron chi connectivity index (χ0n) is 13.3. The minimum Gasteiger partial charge on any atom is -0.444 e. The molecule has 1 aromatic heterocycles. The molecule has 2 rings (SSSR count). The monoisotopic (exact) mass is 298 g/mol. The number of rotatable bonds is 4. The van der Waals surface area contributed by atoms with E-state index in [9.17, 15) is 4.79 Å². The van der Waals surface area contributed by atoms with Crippen LogP contribution in [0.15, 0.2) is 48.7 Å². The number of nitrogens with one attached hydrogen (secondary N) is 1. The molecule has 116 valence electrons. The molecule has 0 saturated heterocycles. The molecule has 0 saturated carbocycles. The topological polar surface area (TPSA) is 51.2 Å². The van der Waals surface area contributed by atoms with Crippen molar-refractivity contribution in [3.63, 3.8) is 0 Å². The molecule has 2 aromatic rings. The average Bonchev–Trinajstić information content (AvgIpc) is 2.44. The number of ether oxygens (including phenoxy) is 1. The van der Waals surface area contributed by atoms with E-state index in [2.05, 4.69) is 22.4 Å². The first kappa shape index (κ1) is 16.0. The predicted octanol–water partition coefficient (Wildman–Crippen LogP) is 4.21. The summed E-state index contributed by atoms with van der Waals surface area (Å²) in [6.07, 6.45) is 3.07. The van der Waals surface area contributed by atoms with Gasteiger partial charge in [0.15, 0.2) is 0 Å². The molecule has 4 nitrogen and oxygen atoms in total. The van der Waals surface area contributed by atoms with Crippen LogP contribution in [0.3, 0.4) is 0 Å². The second-order valence-electron chi connectivity index (χ2n) is 6.16. The van der Waals surface area contributed by atoms with Crippen molar-refractivity contribution in [2.45, 2.75) is 39.2 Å². The number of benzene rings is 1. The van der Waals surface area contributed by atoms with E-state index in [1.54, 1.807) is 6.20 Å². The zero-order chi connectivity index (χ0) is 16.0. The summed E-state index contributed by atoms with van der Waals surface area (Å²) in [4.78, 5) is 15.9. The number of anilines is 1. The lowest BCUT2D eigenvalue weighted by Gasteiger charge is -2.19. The highest BCUT2D eigenvalue weighted by Crippen LogP contribution is 2.13. The van der Waals surface area contributed by atoms with E-state index in [-0.39, 0.29) is 0 Å². The summed E-state index contributed by atoms with van der Waals surface area (Å²) in [6.45, 7) is 5.49. The molecule has 0 atom stereocenters. The molecule has 0 aliphatic carbocycles. The minimum atomic E-state index is -0.519. The lowest BCUT2D eigenvalue weighted by atomic mass is 10.1. The second-order valence-corrected chi connectivity index (χ2v) is 6.16. The molecule has 0 spiro atoms. The predicted molar refractivity (Wildman–Crippen MR) is 87.9 cm³/mol. The maximum absolute atomic E-state index is 11.7. The van der Waals surface area contributed by atoms with Gasteiger partial charge in [-0.2, -0.15) is 0 Å². The van der Waals surface area contributed by atoms with Crippen molar-refractivity contribution >= 4 is 11.9 Å². The maximum Gasteiger partial charge on any atom is 0.413 e. The molecule has 0 radical (unpaired) electrons. The van der Waals surface area contributed by atoms with Gasteiger partial charge in [0.25, 0.3) is 0 Å². The second kappa shape index (κ2) is 7.07. The van der Waals surface area contributed by atoms with Crippen molar-refractivity contribution in [2.24, 2.45) is 0 Å². The lowest BCUT2D eigenvalue weighted by Crippen LogP contribution is -2.27. The van der Waals surface area contributed by atoms with E-state index in [1.165, 1.54) is 5.56 Å². The van der Waals surface area contributed by atoms with E-state index in [1.807, 2.05) is 51.1 Å². The number of aryl methyl sites for hydroxylation is 2. The number of hydrogen-bond acceptors (Lipinski definition) is 3. The van der Waals surface area contributed by atoms with E-state index in [0.29, 0.717) is 5.82 Å². The number of hydrogen-bond donors (Lipinski definition) is 1. The van der Waals surface area contributed by atoms with Crippen LogP contribution in [-0.2, 0) is 17.6 Å². The average molecular weight is 298 g/mol. The molecule has 0 aliphatic rings. The molecule has 4 heteroatoms. The Morgan fingerprint density at radius 2 is 1.77 bits per heavy atom. The Hall–Kier alpha value is -2.36. The third-order valence-electron chi connectivity index (χ3n) is 3.00. The molecular formula is C18H22N2O2. The number of amides is 1. The first-order chi connectivity index (χ1) is 10.4. The zero-order valence-corrected chi connectivity index (χ0v) is 13.3. The maximum atomic E-state index is 11.7. The summed E-state index contributed by atoms with van der Waals surface area (Å²) in [5, 5.41) is 2.66. The first-order valence-corrected chi connectivity index (χ1v) is 7.41. The van der Waals surface area contributed by atoms with Crippen LogP contribution in [0.1, 0.15) is 31.9 Å². The van der Waals surface area contributed by atoms with Gasteiger partial charge in [-0.15, -0.1) is 0 Å². The van der Waals surface area contributed by atoms with Crippen LogP contribution in [0.25, 0.3) is 0 Å². The Bertz CT molecular complexity index is 618. The summed E-state index contributed by atoms with van der Waals surface area (Å²) in [5.41, 5.74) is 1.90. The fraction of sp³-hybridized carbons (Fsp3) is 0.333. The molecule has 0 aliphatic heterocycles. The van der Waals surface area contributed by atoms with Crippen LogP contribution >= 0.6 is 0 Å². The third kappa shape index (κ3) is 5.56. The van der Waals surface area contributed by atoms with Gasteiger partial charge in [0.1, 0.15) is 11.4 Å². The summed E-state index contributed by atoms with van der Waals surface area (Å²) >= 11 is 0. The first-order valence-electron chi connectivity index (χ1n) is 7.41. The van der Waals surface area contributed by atoms with Crippen molar-refractivity contribution < 1.29 is 9.53 Å². The Morgan fingerprint density at radius 3 is 2.45 bits per heavy atom. The van der Waals surface area contributed by atoms with Crippen LogP contribution in [0.5, 0.6) is 0 Å². The smallest absolute Gasteiger partial charge is 0.413 e. The SMILES string of the molecule is CC(C)(C)OC(=O)Nc1cc(CCc2ccccc2)ccn1. The van der Waals surface area contributed by atoms with Crippen molar-refractivity contribution in [1.82, 2.24) is 4.98 Å². The summed E-state index contributed by atoms with van der Waals surface area (Å²) in [5.74, 6) is 0.514. The standard InChI is InChI=1S/C18H22N2O2/c1-18(2,3)22-17(21)20-16-13-15(11-12-19-16)10-9-14-7-5-4-6-8-14/h4-8,11-13H,9-10H2,1-3H3,(H,19,20,21). The van der Waals surface area contributed by atoms with Crippen LogP contribution in [0.2, 0.25) is 0 Å². The number of aromatic nitrogens is 1. The molecule has 1 heterocycles. The van der Waals surface area contributed by atoms with E-state index < -0.39 is 11.7 Å². The summed E-state index contributed by atoms with van der Waals surface area (Å²) < 4.78 is 5.22. The Balaban J connectivity index is 1.94. The van der Waals surface area contributed by atoms with E-state index in [0.717, 1.165) is 18.4 Å². The van der Waals surface area contributed by atoms with Gasteiger partial charge in [-0.1, -0.05) is 30.3 Å². The van der Waals surface area contributed by atoms with Gasteiger partial charge in [0.05, 0.1) is 0 Å². The van der Waals surface area contributed by atoms with Gasteiger partial charge < -0.3 is 4.74 Å². The number of carbonyl (C=O) groups is 1. The molecule has 22 heavy (non-hydrogen) atoms. The molecule has 1 N–H and O–H groups in total. The normalized spacial score (nSPS) is 11.0. The molecule has 1 aromatic carbocycles. The highest BCUT2D eigenvalue weighted by molar-refractivity contribution is 5.83. The van der Waals surface area contributed by atoms with Crippen molar-refractivity contribution in [3.05, 3.63) is 59.8 Å². The van der Waals surface area contributed by atoms with Gasteiger partial charge >= 0.3 is 6.09 Å². The molecule has 1 amide bonds. The highest BCUT2D eigenvalue weighted by Gasteiger charge is 2.16. The fourth-order valence-corrected chi connectivity index (χ4v) is 2.04. The van der Waals surface area contributed by atoms with Crippen molar-refractivity contribution in [2.75, 3.05) is 5.32 Å². The number of pyridine rings is 1. The largest absolute Gasteiger partial charge is 0.444 e. The number of nitrogens with zero attached hydrogens (tertiary/aromatic N) is 1. The van der Waals surface area contributed by atoms with Crippen LogP contribution in [-0.4, -0.2) is 16.7 Å². The van der Waals surface area contributed by atoms with Gasteiger partial charge in [0.2, 0.25) is 0 Å². The minimum absolute atomic E-state index is 0.486. The fourth-order valence-electron chi connectivity index (χ4n) is 2.04. The van der Waals surface area contributed by atoms with E-state index in [4.69, 9.17) is 4.74 Å². The van der Waals surface area contributed by atoms with Gasteiger partial charge in [-0.05, 0) is 56.9 Å². The van der Waals surface area contributed by atoms with Crippen molar-refractivity contribution in [1.29, 1.82) is 0 Å². The van der Waals surface area contributed by atoms with Gasteiger partial charge in [-0.25, -0.2) is 9.78 Å². The molecule has 0 bridgehead atoms.